The Bertz CT molecular complexity index is 466. The van der Waals surface area contributed by atoms with Crippen molar-refractivity contribution in [2.45, 2.75) is 10.1 Å². The van der Waals surface area contributed by atoms with E-state index >= 15 is 0 Å². The van der Waals surface area contributed by atoms with Gasteiger partial charge >= 0.3 is 0 Å². The van der Waals surface area contributed by atoms with E-state index in [1.165, 1.54) is 11.8 Å². The first-order chi connectivity index (χ1) is 7.13. The zero-order valence-corrected chi connectivity index (χ0v) is 9.88. The molecule has 0 aromatic carbocycles. The summed E-state index contributed by atoms with van der Waals surface area (Å²) in [5.41, 5.74) is 0. The lowest BCUT2D eigenvalue weighted by molar-refractivity contribution is 0.766. The van der Waals surface area contributed by atoms with Gasteiger partial charge in [0.1, 0.15) is 0 Å². The molecule has 0 bridgehead atoms. The monoisotopic (exact) mass is 261 g/mol. The normalized spacial score (nSPS) is 10.6. The maximum atomic E-state index is 5.64. The summed E-state index contributed by atoms with van der Waals surface area (Å²) in [6, 6.07) is 0. The lowest BCUT2D eigenvalue weighted by Gasteiger charge is -1.97. The molecular formula is C7H5Cl2N5S. The fraction of sp³-hybridized carbons (Fsp3) is 0.143. The number of aromatic nitrogens is 5. The van der Waals surface area contributed by atoms with Crippen molar-refractivity contribution in [1.29, 1.82) is 0 Å². The van der Waals surface area contributed by atoms with Crippen LogP contribution in [0.3, 0.4) is 0 Å². The van der Waals surface area contributed by atoms with E-state index in [-0.39, 0.29) is 10.6 Å². The van der Waals surface area contributed by atoms with E-state index < -0.39 is 0 Å². The summed E-state index contributed by atoms with van der Waals surface area (Å²) in [4.78, 5) is 12.4. The molecule has 8 heteroatoms. The van der Waals surface area contributed by atoms with Crippen LogP contribution in [0.2, 0.25) is 10.6 Å². The minimum absolute atomic E-state index is 0.0846. The van der Waals surface area contributed by atoms with E-state index in [1.54, 1.807) is 10.9 Å². The molecule has 78 valence electrons. The van der Waals surface area contributed by atoms with Gasteiger partial charge in [-0.2, -0.15) is 20.1 Å². The Morgan fingerprint density at radius 2 is 1.87 bits per heavy atom. The van der Waals surface area contributed by atoms with Gasteiger partial charge in [0, 0.05) is 13.2 Å². The highest BCUT2D eigenvalue weighted by Gasteiger charge is 2.06. The maximum absolute atomic E-state index is 5.64. The molecule has 2 aromatic rings. The molecule has 0 aliphatic heterocycles. The molecule has 0 atom stereocenters. The number of aryl methyl sites for hydroxylation is 1. The molecule has 0 N–H and O–H groups in total. The van der Waals surface area contributed by atoms with Crippen molar-refractivity contribution < 1.29 is 0 Å². The topological polar surface area (TPSA) is 56.5 Å². The Labute approximate surface area is 99.8 Å². The fourth-order valence-electron chi connectivity index (χ4n) is 0.912. The summed E-state index contributed by atoms with van der Waals surface area (Å²) in [6.07, 6.45) is 3.55. The molecule has 0 aliphatic rings. The van der Waals surface area contributed by atoms with Crippen LogP contribution in [-0.2, 0) is 7.05 Å². The molecular weight excluding hydrogens is 257 g/mol. The van der Waals surface area contributed by atoms with Gasteiger partial charge in [0.25, 0.3) is 0 Å². The number of hydrogen-bond donors (Lipinski definition) is 0. The predicted molar refractivity (Wildman–Crippen MR) is 57.2 cm³/mol. The first-order valence-electron chi connectivity index (χ1n) is 3.87. The zero-order chi connectivity index (χ0) is 10.8. The second-order valence-electron chi connectivity index (χ2n) is 2.61. The van der Waals surface area contributed by atoms with Gasteiger partial charge in [-0.25, -0.2) is 0 Å². The van der Waals surface area contributed by atoms with Crippen LogP contribution < -0.4 is 0 Å². The van der Waals surface area contributed by atoms with E-state index in [0.29, 0.717) is 5.16 Å². The Morgan fingerprint density at radius 1 is 1.20 bits per heavy atom. The van der Waals surface area contributed by atoms with E-state index in [4.69, 9.17) is 23.2 Å². The third kappa shape index (κ3) is 2.80. The highest BCUT2D eigenvalue weighted by atomic mass is 35.5. The predicted octanol–water partition coefficient (Wildman–Crippen LogP) is 2.06. The molecule has 2 aromatic heterocycles. The Kier molecular flexibility index (Phi) is 3.08. The highest BCUT2D eigenvalue weighted by Crippen LogP contribution is 2.24. The summed E-state index contributed by atoms with van der Waals surface area (Å²) in [5.74, 6) is 0. The molecule has 0 unspecified atom stereocenters. The molecule has 2 rings (SSSR count). The molecule has 2 heterocycles. The van der Waals surface area contributed by atoms with Gasteiger partial charge in [0.05, 0.1) is 11.1 Å². The highest BCUT2D eigenvalue weighted by molar-refractivity contribution is 7.99. The average molecular weight is 262 g/mol. The van der Waals surface area contributed by atoms with Crippen LogP contribution in [0.25, 0.3) is 0 Å². The number of halogens is 2. The third-order valence-electron chi connectivity index (χ3n) is 1.45. The van der Waals surface area contributed by atoms with Crippen LogP contribution >= 0.6 is 35.0 Å². The average Bonchev–Trinajstić information content (AvgIpc) is 2.49. The quantitative estimate of drug-likeness (QED) is 0.829. The van der Waals surface area contributed by atoms with Crippen LogP contribution in [0.1, 0.15) is 0 Å². The molecule has 0 saturated heterocycles. The number of hydrogen-bond acceptors (Lipinski definition) is 5. The second-order valence-corrected chi connectivity index (χ2v) is 4.32. The lowest BCUT2D eigenvalue weighted by atomic mass is 10.7. The lowest BCUT2D eigenvalue weighted by Crippen LogP contribution is -1.91. The summed E-state index contributed by atoms with van der Waals surface area (Å²) in [6.45, 7) is 0. The molecule has 0 saturated carbocycles. The first-order valence-corrected chi connectivity index (χ1v) is 5.44. The zero-order valence-electron chi connectivity index (χ0n) is 7.55. The Hall–Kier alpha value is -0.850. The minimum atomic E-state index is 0.0846. The van der Waals surface area contributed by atoms with Gasteiger partial charge in [0.15, 0.2) is 5.16 Å². The van der Waals surface area contributed by atoms with Crippen LogP contribution in [0.4, 0.5) is 0 Å². The SMILES string of the molecule is Cn1cc(Sc2nc(Cl)nc(Cl)n2)cn1. The van der Waals surface area contributed by atoms with Gasteiger partial charge < -0.3 is 0 Å². The van der Waals surface area contributed by atoms with Crippen molar-refractivity contribution in [3.63, 3.8) is 0 Å². The third-order valence-corrected chi connectivity index (χ3v) is 2.60. The van der Waals surface area contributed by atoms with Crippen molar-refractivity contribution in [3.8, 4) is 0 Å². The Morgan fingerprint density at radius 3 is 2.40 bits per heavy atom. The van der Waals surface area contributed by atoms with Gasteiger partial charge in [-0.15, -0.1) is 0 Å². The maximum Gasteiger partial charge on any atom is 0.227 e. The molecule has 0 fully saturated rings. The van der Waals surface area contributed by atoms with E-state index in [0.717, 1.165) is 4.90 Å². The number of rotatable bonds is 2. The molecule has 5 nitrogen and oxygen atoms in total. The molecule has 0 radical (unpaired) electrons. The van der Waals surface area contributed by atoms with Gasteiger partial charge in [-0.3, -0.25) is 4.68 Å². The molecule has 0 amide bonds. The minimum Gasteiger partial charge on any atom is -0.275 e. The van der Waals surface area contributed by atoms with Crippen LogP contribution in [0, 0.1) is 0 Å². The second kappa shape index (κ2) is 4.34. The molecule has 15 heavy (non-hydrogen) atoms. The van der Waals surface area contributed by atoms with Crippen LogP contribution in [0.15, 0.2) is 22.4 Å². The molecule has 0 aliphatic carbocycles. The standard InChI is InChI=1S/C7H5Cl2N5S/c1-14-3-4(2-10-14)15-7-12-5(8)11-6(9)13-7/h2-3H,1H3. The summed E-state index contributed by atoms with van der Waals surface area (Å²) in [7, 11) is 1.83. The summed E-state index contributed by atoms with van der Waals surface area (Å²) < 4.78 is 1.69. The largest absolute Gasteiger partial charge is 0.275 e. The van der Waals surface area contributed by atoms with E-state index in [2.05, 4.69) is 20.1 Å². The Balaban J connectivity index is 2.24. The molecule has 0 spiro atoms. The number of nitrogens with zero attached hydrogens (tertiary/aromatic N) is 5. The summed E-state index contributed by atoms with van der Waals surface area (Å²) in [5, 5.41) is 4.64. The van der Waals surface area contributed by atoms with E-state index in [9.17, 15) is 0 Å². The van der Waals surface area contributed by atoms with Crippen molar-refractivity contribution in [2.24, 2.45) is 7.05 Å². The van der Waals surface area contributed by atoms with Crippen molar-refractivity contribution in [3.05, 3.63) is 23.0 Å². The van der Waals surface area contributed by atoms with E-state index in [1.807, 2.05) is 13.2 Å². The van der Waals surface area contributed by atoms with Gasteiger partial charge in [-0.1, -0.05) is 0 Å². The van der Waals surface area contributed by atoms with Gasteiger partial charge in [0.2, 0.25) is 10.6 Å². The van der Waals surface area contributed by atoms with Crippen molar-refractivity contribution >= 4 is 35.0 Å². The smallest absolute Gasteiger partial charge is 0.227 e. The fourth-order valence-corrected chi connectivity index (χ4v) is 2.16. The van der Waals surface area contributed by atoms with Gasteiger partial charge in [-0.05, 0) is 35.0 Å². The van der Waals surface area contributed by atoms with Crippen LogP contribution in [-0.4, -0.2) is 24.7 Å². The van der Waals surface area contributed by atoms with Crippen molar-refractivity contribution in [2.75, 3.05) is 0 Å². The summed E-state index contributed by atoms with van der Waals surface area (Å²) >= 11 is 12.6. The van der Waals surface area contributed by atoms with Crippen LogP contribution in [0.5, 0.6) is 0 Å². The first kappa shape index (κ1) is 10.7. The van der Waals surface area contributed by atoms with Crippen molar-refractivity contribution in [1.82, 2.24) is 24.7 Å².